The largest absolute Gasteiger partial charge is 0.293 e. The Morgan fingerprint density at radius 1 is 1.04 bits per heavy atom. The minimum Gasteiger partial charge on any atom is -0.293 e. The molecule has 0 amide bonds. The van der Waals surface area contributed by atoms with Crippen molar-refractivity contribution in [1.82, 2.24) is 24.5 Å². The van der Waals surface area contributed by atoms with E-state index in [9.17, 15) is 4.79 Å². The van der Waals surface area contributed by atoms with E-state index in [0.29, 0.717) is 17.2 Å². The third-order valence-electron chi connectivity index (χ3n) is 4.43. The molecule has 6 nitrogen and oxygen atoms in total. The lowest BCUT2D eigenvalue weighted by Crippen LogP contribution is -2.21. The fraction of sp³-hybridized carbons (Fsp3) is 0.158. The molecule has 0 fully saturated rings. The molecule has 0 bridgehead atoms. The maximum absolute atomic E-state index is 12.7. The number of hydrogen-bond donors (Lipinski definition) is 0. The SMILES string of the molecule is Cc1ccc(-n2nnc3c(=O)n(Cc4ccc(Cl)cc4)cnc32)cc1C. The van der Waals surface area contributed by atoms with Crippen LogP contribution in [0.2, 0.25) is 5.02 Å². The highest BCUT2D eigenvalue weighted by Gasteiger charge is 2.14. The maximum atomic E-state index is 12.7. The molecule has 7 heteroatoms. The van der Waals surface area contributed by atoms with E-state index in [0.717, 1.165) is 16.8 Å². The van der Waals surface area contributed by atoms with Crippen LogP contribution in [0, 0.1) is 13.8 Å². The van der Waals surface area contributed by atoms with Crippen LogP contribution in [0.4, 0.5) is 0 Å². The quantitative estimate of drug-likeness (QED) is 0.558. The first-order chi connectivity index (χ1) is 12.5. The zero-order chi connectivity index (χ0) is 18.3. The summed E-state index contributed by atoms with van der Waals surface area (Å²) in [6.07, 6.45) is 1.53. The van der Waals surface area contributed by atoms with Gasteiger partial charge >= 0.3 is 0 Å². The summed E-state index contributed by atoms with van der Waals surface area (Å²) in [6.45, 7) is 4.48. The molecule has 0 spiro atoms. The van der Waals surface area contributed by atoms with Crippen LogP contribution >= 0.6 is 11.6 Å². The Hall–Kier alpha value is -2.99. The molecule has 0 N–H and O–H groups in total. The smallest absolute Gasteiger partial charge is 0.283 e. The summed E-state index contributed by atoms with van der Waals surface area (Å²) in [7, 11) is 0. The van der Waals surface area contributed by atoms with Crippen LogP contribution in [-0.4, -0.2) is 24.5 Å². The predicted octanol–water partition coefficient (Wildman–Crippen LogP) is 3.30. The molecule has 2 aromatic heterocycles. The lowest BCUT2D eigenvalue weighted by molar-refractivity contribution is 0.745. The molecule has 0 aliphatic carbocycles. The van der Waals surface area contributed by atoms with Gasteiger partial charge in [0.25, 0.3) is 5.56 Å². The number of fused-ring (bicyclic) bond motifs is 1. The highest BCUT2D eigenvalue weighted by atomic mass is 35.5. The van der Waals surface area contributed by atoms with Crippen molar-refractivity contribution in [2.24, 2.45) is 0 Å². The van der Waals surface area contributed by atoms with Gasteiger partial charge in [-0.2, -0.15) is 4.68 Å². The molecule has 0 saturated carbocycles. The Kier molecular flexibility index (Phi) is 4.05. The number of aryl methyl sites for hydroxylation is 2. The first-order valence-electron chi connectivity index (χ1n) is 8.16. The van der Waals surface area contributed by atoms with Crippen molar-refractivity contribution < 1.29 is 0 Å². The van der Waals surface area contributed by atoms with Crippen LogP contribution < -0.4 is 5.56 Å². The van der Waals surface area contributed by atoms with E-state index in [1.54, 1.807) is 16.8 Å². The molecular weight excluding hydrogens is 350 g/mol. The first kappa shape index (κ1) is 16.5. The summed E-state index contributed by atoms with van der Waals surface area (Å²) in [6, 6.07) is 13.3. The molecule has 0 unspecified atom stereocenters. The van der Waals surface area contributed by atoms with Crippen LogP contribution in [0.1, 0.15) is 16.7 Å². The van der Waals surface area contributed by atoms with Gasteiger partial charge in [-0.15, -0.1) is 5.10 Å². The molecule has 0 aliphatic heterocycles. The van der Waals surface area contributed by atoms with E-state index >= 15 is 0 Å². The molecular formula is C19H16ClN5O. The summed E-state index contributed by atoms with van der Waals surface area (Å²) in [4.78, 5) is 17.2. The van der Waals surface area contributed by atoms with Gasteiger partial charge in [-0.25, -0.2) is 4.98 Å². The summed E-state index contributed by atoms with van der Waals surface area (Å²) < 4.78 is 3.11. The third-order valence-corrected chi connectivity index (χ3v) is 4.68. The summed E-state index contributed by atoms with van der Waals surface area (Å²) in [5, 5.41) is 8.85. The van der Waals surface area contributed by atoms with Crippen molar-refractivity contribution >= 4 is 22.8 Å². The van der Waals surface area contributed by atoms with E-state index in [4.69, 9.17) is 11.6 Å². The van der Waals surface area contributed by atoms with Gasteiger partial charge in [0.05, 0.1) is 12.2 Å². The lowest BCUT2D eigenvalue weighted by Gasteiger charge is -2.07. The van der Waals surface area contributed by atoms with Crippen molar-refractivity contribution in [3.8, 4) is 5.69 Å². The molecule has 2 aromatic carbocycles. The van der Waals surface area contributed by atoms with Gasteiger partial charge in [0.15, 0.2) is 11.2 Å². The van der Waals surface area contributed by atoms with Gasteiger partial charge in [0.2, 0.25) is 0 Å². The first-order valence-corrected chi connectivity index (χ1v) is 8.53. The molecule has 130 valence electrons. The average Bonchev–Trinajstić information content (AvgIpc) is 3.06. The molecule has 4 aromatic rings. The van der Waals surface area contributed by atoms with E-state index in [2.05, 4.69) is 15.3 Å². The second kappa shape index (κ2) is 6.38. The predicted molar refractivity (Wildman–Crippen MR) is 101 cm³/mol. The van der Waals surface area contributed by atoms with Crippen molar-refractivity contribution in [3.63, 3.8) is 0 Å². The molecule has 0 saturated heterocycles. The van der Waals surface area contributed by atoms with Gasteiger partial charge in [-0.05, 0) is 54.8 Å². The van der Waals surface area contributed by atoms with Crippen LogP contribution in [-0.2, 0) is 6.54 Å². The van der Waals surface area contributed by atoms with Crippen molar-refractivity contribution in [3.05, 3.63) is 80.9 Å². The molecule has 0 atom stereocenters. The number of hydrogen-bond acceptors (Lipinski definition) is 4. The minimum atomic E-state index is -0.222. The molecule has 2 heterocycles. The standard InChI is InChI=1S/C19H16ClN5O/c1-12-3-8-16(9-13(12)2)25-18-17(22-23-25)19(26)24(11-21-18)10-14-4-6-15(20)7-5-14/h3-9,11H,10H2,1-2H3. The Bertz CT molecular complexity index is 1160. The lowest BCUT2D eigenvalue weighted by atomic mass is 10.1. The van der Waals surface area contributed by atoms with Gasteiger partial charge in [0.1, 0.15) is 6.33 Å². The summed E-state index contributed by atoms with van der Waals surface area (Å²) in [5.41, 5.74) is 4.60. The zero-order valence-corrected chi connectivity index (χ0v) is 15.1. The monoisotopic (exact) mass is 365 g/mol. The highest BCUT2D eigenvalue weighted by Crippen LogP contribution is 2.16. The number of halogens is 1. The van der Waals surface area contributed by atoms with Crippen LogP contribution in [0.25, 0.3) is 16.9 Å². The van der Waals surface area contributed by atoms with Gasteiger partial charge < -0.3 is 0 Å². The Balaban J connectivity index is 1.76. The van der Waals surface area contributed by atoms with Gasteiger partial charge in [-0.3, -0.25) is 9.36 Å². The van der Waals surface area contributed by atoms with Crippen molar-refractivity contribution in [2.75, 3.05) is 0 Å². The van der Waals surface area contributed by atoms with E-state index in [1.165, 1.54) is 16.5 Å². The van der Waals surface area contributed by atoms with Gasteiger partial charge in [0, 0.05) is 5.02 Å². The molecule has 0 aliphatic rings. The minimum absolute atomic E-state index is 0.222. The van der Waals surface area contributed by atoms with E-state index in [-0.39, 0.29) is 11.1 Å². The Morgan fingerprint density at radius 2 is 1.81 bits per heavy atom. The van der Waals surface area contributed by atoms with E-state index in [1.807, 2.05) is 44.2 Å². The average molecular weight is 366 g/mol. The fourth-order valence-corrected chi connectivity index (χ4v) is 2.90. The second-order valence-electron chi connectivity index (χ2n) is 6.25. The molecule has 26 heavy (non-hydrogen) atoms. The number of nitrogens with zero attached hydrogens (tertiary/aromatic N) is 5. The maximum Gasteiger partial charge on any atom is 0.283 e. The number of aromatic nitrogens is 5. The molecule has 4 rings (SSSR count). The highest BCUT2D eigenvalue weighted by molar-refractivity contribution is 6.30. The number of benzene rings is 2. The second-order valence-corrected chi connectivity index (χ2v) is 6.68. The van der Waals surface area contributed by atoms with Crippen LogP contribution in [0.15, 0.2) is 53.6 Å². The van der Waals surface area contributed by atoms with Crippen LogP contribution in [0.5, 0.6) is 0 Å². The van der Waals surface area contributed by atoms with Gasteiger partial charge in [-0.1, -0.05) is 35.0 Å². The Labute approximate surface area is 154 Å². The summed E-state index contributed by atoms with van der Waals surface area (Å²) in [5.74, 6) is 0. The van der Waals surface area contributed by atoms with Crippen molar-refractivity contribution in [1.29, 1.82) is 0 Å². The number of rotatable bonds is 3. The zero-order valence-electron chi connectivity index (χ0n) is 14.3. The Morgan fingerprint density at radius 3 is 2.54 bits per heavy atom. The molecule has 0 radical (unpaired) electrons. The fourth-order valence-electron chi connectivity index (χ4n) is 2.77. The van der Waals surface area contributed by atoms with E-state index < -0.39 is 0 Å². The topological polar surface area (TPSA) is 65.6 Å². The van der Waals surface area contributed by atoms with Crippen LogP contribution in [0.3, 0.4) is 0 Å². The third kappa shape index (κ3) is 2.88. The summed E-state index contributed by atoms with van der Waals surface area (Å²) >= 11 is 5.90. The normalized spacial score (nSPS) is 11.2. The van der Waals surface area contributed by atoms with Crippen molar-refractivity contribution in [2.45, 2.75) is 20.4 Å².